The van der Waals surface area contributed by atoms with E-state index in [1.54, 1.807) is 53.1 Å². The van der Waals surface area contributed by atoms with Crippen LogP contribution in [0.4, 0.5) is 5.82 Å². The first-order chi connectivity index (χ1) is 22.4. The summed E-state index contributed by atoms with van der Waals surface area (Å²) in [5, 5.41) is 17.8. The Bertz CT molecular complexity index is 1430. The van der Waals surface area contributed by atoms with Crippen molar-refractivity contribution in [3.8, 4) is 6.07 Å². The van der Waals surface area contributed by atoms with Crippen LogP contribution in [0.25, 0.3) is 5.52 Å². The zero-order valence-corrected chi connectivity index (χ0v) is 28.3. The molecule has 1 fully saturated rings. The normalized spacial score (nSPS) is 17.3. The Kier molecular flexibility index (Phi) is 13.6. The highest BCUT2D eigenvalue weighted by Crippen LogP contribution is 2.36. The van der Waals surface area contributed by atoms with Crippen molar-refractivity contribution in [1.29, 1.82) is 5.26 Å². The van der Waals surface area contributed by atoms with Gasteiger partial charge in [-0.15, -0.1) is 0 Å². The van der Waals surface area contributed by atoms with Gasteiger partial charge in [0.2, 0.25) is 5.60 Å². The average molecular weight is 659 g/mol. The minimum atomic E-state index is -1.98. The molecule has 2 aromatic rings. The van der Waals surface area contributed by atoms with Crippen LogP contribution in [0.2, 0.25) is 0 Å². The van der Waals surface area contributed by atoms with E-state index in [0.29, 0.717) is 11.3 Å². The summed E-state index contributed by atoms with van der Waals surface area (Å²) in [6.07, 6.45) is 0.140. The summed E-state index contributed by atoms with van der Waals surface area (Å²) in [4.78, 5) is 51.4. The SMILES string of the molecule is COC(=O)[C@H](C)NCOC[C@@](C#N)(OC)[C@@H](OC(=O)C(C)C)[C@@H](OC(=O)C(C)C)c1ccc2c(/N=C/N3CCN(C)CC3)ncnn12. The van der Waals surface area contributed by atoms with Gasteiger partial charge < -0.3 is 33.5 Å². The molecule has 3 rings (SSSR count). The largest absolute Gasteiger partial charge is 0.468 e. The number of fused-ring (bicyclic) bond motifs is 1. The van der Waals surface area contributed by atoms with E-state index in [2.05, 4.69) is 43.3 Å². The molecule has 16 nitrogen and oxygen atoms in total. The predicted octanol–water partition coefficient (Wildman–Crippen LogP) is 1.48. The Hall–Kier alpha value is -4.17. The number of carbonyl (C=O) groups excluding carboxylic acids is 3. The highest BCUT2D eigenvalue weighted by Gasteiger charge is 2.51. The van der Waals surface area contributed by atoms with Crippen LogP contribution in [0.1, 0.15) is 46.4 Å². The first-order valence-corrected chi connectivity index (χ1v) is 15.4. The van der Waals surface area contributed by atoms with E-state index in [9.17, 15) is 19.6 Å². The fraction of sp³-hybridized carbons (Fsp3) is 0.645. The summed E-state index contributed by atoms with van der Waals surface area (Å²) in [6.45, 7) is 11.0. The number of aromatic nitrogens is 3. The smallest absolute Gasteiger partial charge is 0.322 e. The second kappa shape index (κ2) is 17.1. The Morgan fingerprint density at radius 1 is 1.04 bits per heavy atom. The predicted molar refractivity (Wildman–Crippen MR) is 169 cm³/mol. The third-order valence-electron chi connectivity index (χ3n) is 7.71. The number of nitrogens with zero attached hydrogens (tertiary/aromatic N) is 7. The van der Waals surface area contributed by atoms with Gasteiger partial charge in [-0.1, -0.05) is 27.7 Å². The topological polar surface area (TPSA) is 182 Å². The number of hydrogen-bond acceptors (Lipinski definition) is 14. The highest BCUT2D eigenvalue weighted by molar-refractivity contribution is 5.75. The molecule has 1 saturated heterocycles. The quantitative estimate of drug-likeness (QED) is 0.0683. The maximum Gasteiger partial charge on any atom is 0.322 e. The van der Waals surface area contributed by atoms with E-state index in [1.165, 1.54) is 25.1 Å². The van der Waals surface area contributed by atoms with Gasteiger partial charge >= 0.3 is 17.9 Å². The zero-order valence-electron chi connectivity index (χ0n) is 28.3. The van der Waals surface area contributed by atoms with Gasteiger partial charge in [0.25, 0.3) is 0 Å². The molecule has 1 N–H and O–H groups in total. The van der Waals surface area contributed by atoms with Crippen LogP contribution >= 0.6 is 0 Å². The molecule has 0 saturated carbocycles. The second-order valence-corrected chi connectivity index (χ2v) is 11.9. The number of piperazine rings is 1. The molecule has 0 radical (unpaired) electrons. The highest BCUT2D eigenvalue weighted by atomic mass is 16.6. The minimum absolute atomic E-state index is 0.180. The van der Waals surface area contributed by atoms with Crippen molar-refractivity contribution in [1.82, 2.24) is 29.7 Å². The lowest BCUT2D eigenvalue weighted by molar-refractivity contribution is -0.201. The van der Waals surface area contributed by atoms with Crippen molar-refractivity contribution in [3.63, 3.8) is 0 Å². The second-order valence-electron chi connectivity index (χ2n) is 11.9. The standard InChI is InChI=1S/C31H46N8O8/c1-20(2)28(40)46-25(23-9-10-24-27(33-17-36-39(23)24)34-18-38-13-11-37(6)12-14-38)26(47-29(41)21(3)4)31(15-32,44-8)16-45-19-35-22(5)30(42)43-7/h9-10,17-18,20-22,25-26,35H,11-14,16,19H2,1-8H3/b34-18+/t22-,25-,26-,31+/m0/s1. The number of carbonyl (C=O) groups is 3. The maximum atomic E-state index is 13.2. The van der Waals surface area contributed by atoms with E-state index in [0.717, 1.165) is 26.2 Å². The Balaban J connectivity index is 2.07. The molecule has 2 aromatic heterocycles. The van der Waals surface area contributed by atoms with Crippen LogP contribution in [0.3, 0.4) is 0 Å². The lowest BCUT2D eigenvalue weighted by Crippen LogP contribution is -2.54. The number of likely N-dealkylation sites (N-methyl/N-ethyl adjacent to an activating group) is 1. The summed E-state index contributed by atoms with van der Waals surface area (Å²) < 4.78 is 29.6. The van der Waals surface area contributed by atoms with Crippen molar-refractivity contribution in [3.05, 3.63) is 24.2 Å². The van der Waals surface area contributed by atoms with Crippen molar-refractivity contribution < 1.29 is 38.1 Å². The van der Waals surface area contributed by atoms with Crippen molar-refractivity contribution >= 4 is 35.6 Å². The molecule has 0 spiro atoms. The zero-order chi connectivity index (χ0) is 34.7. The molecule has 0 aromatic carbocycles. The number of nitriles is 1. The molecule has 258 valence electrons. The van der Waals surface area contributed by atoms with Crippen LogP contribution in [0, 0.1) is 23.2 Å². The number of hydrogen-bond donors (Lipinski definition) is 1. The van der Waals surface area contributed by atoms with E-state index in [1.807, 2.05) is 0 Å². The van der Waals surface area contributed by atoms with E-state index >= 15 is 0 Å². The van der Waals surface area contributed by atoms with Gasteiger partial charge in [-0.25, -0.2) is 14.5 Å². The first-order valence-electron chi connectivity index (χ1n) is 15.4. The van der Waals surface area contributed by atoms with Crippen LogP contribution < -0.4 is 5.32 Å². The number of esters is 3. The maximum absolute atomic E-state index is 13.2. The molecule has 1 aliphatic heterocycles. The van der Waals surface area contributed by atoms with Crippen molar-refractivity contribution in [2.75, 3.05) is 60.8 Å². The minimum Gasteiger partial charge on any atom is -0.468 e. The van der Waals surface area contributed by atoms with Crippen molar-refractivity contribution in [2.24, 2.45) is 16.8 Å². The molecule has 0 aliphatic carbocycles. The number of rotatable bonds is 16. The van der Waals surface area contributed by atoms with Gasteiger partial charge in [0.1, 0.15) is 24.0 Å². The van der Waals surface area contributed by atoms with Crippen LogP contribution in [0.5, 0.6) is 0 Å². The summed E-state index contributed by atoms with van der Waals surface area (Å²) in [7, 11) is 4.59. The Labute approximate surface area is 274 Å². The fourth-order valence-corrected chi connectivity index (χ4v) is 4.58. The molecule has 16 heteroatoms. The Morgan fingerprint density at radius 2 is 1.70 bits per heavy atom. The first kappa shape index (κ1) is 37.3. The lowest BCUT2D eigenvalue weighted by Gasteiger charge is -2.37. The summed E-state index contributed by atoms with van der Waals surface area (Å²) in [5.74, 6) is -2.59. The van der Waals surface area contributed by atoms with Gasteiger partial charge in [0.05, 0.1) is 44.3 Å². The lowest BCUT2D eigenvalue weighted by atomic mass is 9.92. The van der Waals surface area contributed by atoms with Crippen LogP contribution in [0.15, 0.2) is 23.5 Å². The summed E-state index contributed by atoms with van der Waals surface area (Å²) in [5.41, 5.74) is -1.21. The summed E-state index contributed by atoms with van der Waals surface area (Å²) >= 11 is 0. The molecule has 1 aliphatic rings. The number of ether oxygens (including phenoxy) is 5. The third kappa shape index (κ3) is 9.44. The molecule has 0 amide bonds. The third-order valence-corrected chi connectivity index (χ3v) is 7.71. The number of aliphatic imine (C=N–C) groups is 1. The average Bonchev–Trinajstić information content (AvgIpc) is 3.50. The van der Waals surface area contributed by atoms with Gasteiger partial charge in [0.15, 0.2) is 18.0 Å². The van der Waals surface area contributed by atoms with Crippen molar-refractivity contribution in [2.45, 2.75) is 58.5 Å². The van der Waals surface area contributed by atoms with Gasteiger partial charge in [-0.05, 0) is 26.1 Å². The van der Waals surface area contributed by atoms with E-state index < -0.39 is 60.2 Å². The number of methoxy groups -OCH3 is 2. The van der Waals surface area contributed by atoms with Gasteiger partial charge in [-0.3, -0.25) is 19.7 Å². The Morgan fingerprint density at radius 3 is 2.30 bits per heavy atom. The molecular weight excluding hydrogens is 612 g/mol. The molecule has 47 heavy (non-hydrogen) atoms. The van der Waals surface area contributed by atoms with Crippen LogP contribution in [-0.2, 0) is 38.1 Å². The van der Waals surface area contributed by atoms with E-state index in [-0.39, 0.29) is 12.4 Å². The van der Waals surface area contributed by atoms with Gasteiger partial charge in [0, 0.05) is 33.3 Å². The molecular formula is C31H46N8O8. The summed E-state index contributed by atoms with van der Waals surface area (Å²) in [6, 6.07) is 4.74. The monoisotopic (exact) mass is 658 g/mol. The van der Waals surface area contributed by atoms with Crippen LogP contribution in [-0.4, -0.2) is 127 Å². The molecule has 0 bridgehead atoms. The fourth-order valence-electron chi connectivity index (χ4n) is 4.58. The molecule has 0 unspecified atom stereocenters. The molecule has 3 heterocycles. The van der Waals surface area contributed by atoms with Gasteiger partial charge in [-0.2, -0.15) is 10.4 Å². The molecule has 4 atom stereocenters. The van der Waals surface area contributed by atoms with E-state index in [4.69, 9.17) is 23.7 Å². The number of nitrogens with one attached hydrogen (secondary N) is 1.